The summed E-state index contributed by atoms with van der Waals surface area (Å²) < 4.78 is 0. The molecular weight excluding hydrogens is 182 g/mol. The number of carbonyl (C=O) groups excluding carboxylic acids is 2. The highest BCUT2D eigenvalue weighted by Gasteiger charge is 2.51. The van der Waals surface area contributed by atoms with Gasteiger partial charge in [-0.1, -0.05) is 6.58 Å². The first-order chi connectivity index (χ1) is 6.70. The summed E-state index contributed by atoms with van der Waals surface area (Å²) in [6.45, 7) is 5.08. The predicted octanol–water partition coefficient (Wildman–Crippen LogP) is -0.196. The minimum atomic E-state index is -0.677. The van der Waals surface area contributed by atoms with Crippen molar-refractivity contribution in [3.05, 3.63) is 12.8 Å². The van der Waals surface area contributed by atoms with E-state index in [9.17, 15) is 9.59 Å². The molecule has 2 rings (SSSR count). The minimum absolute atomic E-state index is 0.191. The molecule has 2 N–H and O–H groups in total. The number of rotatable bonds is 1. The van der Waals surface area contributed by atoms with E-state index in [4.69, 9.17) is 0 Å². The van der Waals surface area contributed by atoms with Crippen LogP contribution in [-0.2, 0) is 4.79 Å². The Morgan fingerprint density at radius 3 is 2.57 bits per heavy atom. The molecule has 76 valence electrons. The summed E-state index contributed by atoms with van der Waals surface area (Å²) >= 11 is 0. The zero-order valence-corrected chi connectivity index (χ0v) is 7.88. The first-order valence-electron chi connectivity index (χ1n) is 4.69. The zero-order valence-electron chi connectivity index (χ0n) is 7.88. The van der Waals surface area contributed by atoms with Gasteiger partial charge in [-0.05, 0) is 25.9 Å². The van der Waals surface area contributed by atoms with Gasteiger partial charge >= 0.3 is 6.03 Å². The average molecular weight is 195 g/mol. The third-order valence-corrected chi connectivity index (χ3v) is 2.94. The molecule has 0 aliphatic carbocycles. The highest BCUT2D eigenvalue weighted by molar-refractivity contribution is 6.07. The molecule has 0 aromatic heterocycles. The van der Waals surface area contributed by atoms with E-state index in [1.54, 1.807) is 0 Å². The molecule has 5 nitrogen and oxygen atoms in total. The van der Waals surface area contributed by atoms with E-state index in [1.807, 2.05) is 0 Å². The number of urea groups is 1. The lowest BCUT2D eigenvalue weighted by molar-refractivity contribution is -0.127. The Kier molecular flexibility index (Phi) is 2.03. The number of piperidine rings is 1. The lowest BCUT2D eigenvalue weighted by Crippen LogP contribution is -2.53. The second kappa shape index (κ2) is 3.09. The lowest BCUT2D eigenvalue weighted by atomic mass is 9.87. The Balaban J connectivity index is 2.33. The summed E-state index contributed by atoms with van der Waals surface area (Å²) in [5, 5.41) is 5.49. The molecule has 0 atom stereocenters. The number of amides is 3. The standard InChI is InChI=1S/C9H13N3O2/c1-2-12-8(14)11-7(13)9(12)3-5-10-6-4-9/h2,10H,1,3-6H2,(H,11,13,14). The normalized spacial score (nSPS) is 25.3. The van der Waals surface area contributed by atoms with Gasteiger partial charge < -0.3 is 5.32 Å². The van der Waals surface area contributed by atoms with E-state index in [1.165, 1.54) is 11.1 Å². The van der Waals surface area contributed by atoms with Gasteiger partial charge in [0.2, 0.25) is 0 Å². The van der Waals surface area contributed by atoms with Crippen molar-refractivity contribution in [3.63, 3.8) is 0 Å². The van der Waals surface area contributed by atoms with E-state index in [0.29, 0.717) is 12.8 Å². The number of hydrogen-bond donors (Lipinski definition) is 2. The van der Waals surface area contributed by atoms with Gasteiger partial charge in [0.1, 0.15) is 5.54 Å². The molecule has 1 spiro atoms. The van der Waals surface area contributed by atoms with Crippen LogP contribution in [0.1, 0.15) is 12.8 Å². The maximum atomic E-state index is 11.7. The van der Waals surface area contributed by atoms with Gasteiger partial charge in [-0.25, -0.2) is 4.79 Å². The van der Waals surface area contributed by atoms with Crippen LogP contribution in [0.4, 0.5) is 4.79 Å². The summed E-state index contributed by atoms with van der Waals surface area (Å²) in [5.41, 5.74) is -0.677. The van der Waals surface area contributed by atoms with Gasteiger partial charge in [0, 0.05) is 6.20 Å². The number of nitrogens with one attached hydrogen (secondary N) is 2. The molecule has 2 aliphatic rings. The molecule has 0 unspecified atom stereocenters. The summed E-state index contributed by atoms with van der Waals surface area (Å²) in [7, 11) is 0. The monoisotopic (exact) mass is 195 g/mol. The maximum Gasteiger partial charge on any atom is 0.329 e. The number of imide groups is 1. The molecule has 14 heavy (non-hydrogen) atoms. The summed E-state index contributed by atoms with van der Waals surface area (Å²) in [4.78, 5) is 24.5. The highest BCUT2D eigenvalue weighted by atomic mass is 16.2. The van der Waals surface area contributed by atoms with Crippen LogP contribution in [0.2, 0.25) is 0 Å². The molecule has 2 heterocycles. The van der Waals surface area contributed by atoms with Gasteiger partial charge in [0.25, 0.3) is 5.91 Å². The fourth-order valence-electron chi connectivity index (χ4n) is 2.14. The van der Waals surface area contributed by atoms with E-state index < -0.39 is 5.54 Å². The van der Waals surface area contributed by atoms with Crippen molar-refractivity contribution in [2.45, 2.75) is 18.4 Å². The van der Waals surface area contributed by atoms with E-state index in [0.717, 1.165) is 13.1 Å². The molecule has 0 saturated carbocycles. The maximum absolute atomic E-state index is 11.7. The van der Waals surface area contributed by atoms with Gasteiger partial charge in [0.15, 0.2) is 0 Å². The molecule has 0 aromatic carbocycles. The second-order valence-electron chi connectivity index (χ2n) is 3.59. The Labute approximate surface area is 82.1 Å². The Bertz CT molecular complexity index is 294. The molecule has 0 bridgehead atoms. The van der Waals surface area contributed by atoms with Crippen molar-refractivity contribution >= 4 is 11.9 Å². The minimum Gasteiger partial charge on any atom is -0.317 e. The largest absolute Gasteiger partial charge is 0.329 e. The van der Waals surface area contributed by atoms with Crippen molar-refractivity contribution in [1.29, 1.82) is 0 Å². The van der Waals surface area contributed by atoms with Crippen LogP contribution in [0, 0.1) is 0 Å². The molecule has 2 saturated heterocycles. The van der Waals surface area contributed by atoms with Crippen LogP contribution in [0.25, 0.3) is 0 Å². The molecule has 0 radical (unpaired) electrons. The van der Waals surface area contributed by atoms with E-state index in [-0.39, 0.29) is 11.9 Å². The van der Waals surface area contributed by atoms with Crippen molar-refractivity contribution < 1.29 is 9.59 Å². The summed E-state index contributed by atoms with van der Waals surface area (Å²) in [6, 6.07) is -0.355. The van der Waals surface area contributed by atoms with Crippen LogP contribution in [-0.4, -0.2) is 35.5 Å². The van der Waals surface area contributed by atoms with Crippen LogP contribution < -0.4 is 10.6 Å². The van der Waals surface area contributed by atoms with Gasteiger partial charge in [-0.2, -0.15) is 0 Å². The molecule has 2 aliphatic heterocycles. The second-order valence-corrected chi connectivity index (χ2v) is 3.59. The fraction of sp³-hybridized carbons (Fsp3) is 0.556. The van der Waals surface area contributed by atoms with Gasteiger partial charge in [-0.15, -0.1) is 0 Å². The number of nitrogens with zero attached hydrogens (tertiary/aromatic N) is 1. The van der Waals surface area contributed by atoms with Crippen LogP contribution in [0.5, 0.6) is 0 Å². The van der Waals surface area contributed by atoms with Crippen LogP contribution in [0.3, 0.4) is 0 Å². The Morgan fingerprint density at radius 1 is 1.36 bits per heavy atom. The van der Waals surface area contributed by atoms with Crippen molar-refractivity contribution in [3.8, 4) is 0 Å². The van der Waals surface area contributed by atoms with E-state index in [2.05, 4.69) is 17.2 Å². The summed E-state index contributed by atoms with van der Waals surface area (Å²) in [6.07, 6.45) is 2.73. The van der Waals surface area contributed by atoms with Gasteiger partial charge in [0.05, 0.1) is 0 Å². The quantitative estimate of drug-likeness (QED) is 0.570. The molecular formula is C9H13N3O2. The van der Waals surface area contributed by atoms with Gasteiger partial charge in [-0.3, -0.25) is 15.0 Å². The van der Waals surface area contributed by atoms with Crippen LogP contribution in [0.15, 0.2) is 12.8 Å². The lowest BCUT2D eigenvalue weighted by Gasteiger charge is -2.36. The predicted molar refractivity (Wildman–Crippen MR) is 50.4 cm³/mol. The highest BCUT2D eigenvalue weighted by Crippen LogP contribution is 2.30. The Morgan fingerprint density at radius 2 is 2.00 bits per heavy atom. The summed E-state index contributed by atoms with van der Waals surface area (Å²) in [5.74, 6) is -0.191. The van der Waals surface area contributed by atoms with Crippen molar-refractivity contribution in [2.75, 3.05) is 13.1 Å². The number of carbonyl (C=O) groups is 2. The van der Waals surface area contributed by atoms with E-state index >= 15 is 0 Å². The smallest absolute Gasteiger partial charge is 0.317 e. The SMILES string of the molecule is C=CN1C(=O)NC(=O)C12CCNCC2. The molecule has 5 heteroatoms. The van der Waals surface area contributed by atoms with Crippen LogP contribution >= 0.6 is 0 Å². The molecule has 3 amide bonds. The topological polar surface area (TPSA) is 61.4 Å². The van der Waals surface area contributed by atoms with Crippen molar-refractivity contribution in [2.24, 2.45) is 0 Å². The third-order valence-electron chi connectivity index (χ3n) is 2.94. The average Bonchev–Trinajstić information content (AvgIpc) is 2.40. The molecule has 0 aromatic rings. The fourth-order valence-corrected chi connectivity index (χ4v) is 2.14. The first-order valence-corrected chi connectivity index (χ1v) is 4.69. The zero-order chi connectivity index (χ0) is 10.2. The number of hydrogen-bond acceptors (Lipinski definition) is 3. The molecule has 2 fully saturated rings. The first kappa shape index (κ1) is 9.21. The van der Waals surface area contributed by atoms with Crippen molar-refractivity contribution in [1.82, 2.24) is 15.5 Å². The third kappa shape index (κ3) is 1.05. The Hall–Kier alpha value is -1.36.